The van der Waals surface area contributed by atoms with Gasteiger partial charge in [0.25, 0.3) is 0 Å². The SMILES string of the molecule is N#CC1=C(N)OC2=C(CCC2=Cc2cccc(Br)c2)C1c1cccc(Br)c1. The molecule has 1 unspecified atom stereocenters. The molecule has 0 fully saturated rings. The van der Waals surface area contributed by atoms with E-state index in [9.17, 15) is 5.26 Å². The van der Waals surface area contributed by atoms with Gasteiger partial charge in [0.15, 0.2) is 0 Å². The highest BCUT2D eigenvalue weighted by Gasteiger charge is 2.37. The van der Waals surface area contributed by atoms with Gasteiger partial charge in [-0.25, -0.2) is 0 Å². The lowest BCUT2D eigenvalue weighted by Crippen LogP contribution is -2.19. The number of benzene rings is 2. The molecule has 0 amide bonds. The van der Waals surface area contributed by atoms with Crippen LogP contribution in [0.1, 0.15) is 29.9 Å². The van der Waals surface area contributed by atoms with E-state index < -0.39 is 0 Å². The van der Waals surface area contributed by atoms with Gasteiger partial charge >= 0.3 is 0 Å². The molecule has 0 saturated carbocycles. The van der Waals surface area contributed by atoms with Crippen molar-refractivity contribution < 1.29 is 4.74 Å². The average molecular weight is 484 g/mol. The number of hydrogen-bond acceptors (Lipinski definition) is 3. The molecule has 5 heteroatoms. The number of halogens is 2. The van der Waals surface area contributed by atoms with Crippen molar-refractivity contribution in [3.05, 3.63) is 97.0 Å². The fourth-order valence-corrected chi connectivity index (χ4v) is 4.53. The minimum Gasteiger partial charge on any atom is -0.440 e. The Morgan fingerprint density at radius 2 is 1.81 bits per heavy atom. The fraction of sp³-hybridized carbons (Fsp3) is 0.136. The Kier molecular flexibility index (Phi) is 4.94. The fourth-order valence-electron chi connectivity index (χ4n) is 3.70. The smallest absolute Gasteiger partial charge is 0.205 e. The lowest BCUT2D eigenvalue weighted by Gasteiger charge is -2.26. The molecule has 27 heavy (non-hydrogen) atoms. The normalized spacial score (nSPS) is 20.5. The van der Waals surface area contributed by atoms with E-state index in [1.165, 1.54) is 0 Å². The third-order valence-electron chi connectivity index (χ3n) is 4.85. The van der Waals surface area contributed by atoms with E-state index in [1.54, 1.807) is 0 Å². The minimum atomic E-state index is -0.162. The number of ether oxygens (including phenoxy) is 1. The first kappa shape index (κ1) is 18.1. The third kappa shape index (κ3) is 3.47. The summed E-state index contributed by atoms with van der Waals surface area (Å²) in [7, 11) is 0. The van der Waals surface area contributed by atoms with Gasteiger partial charge in [-0.05, 0) is 65.5 Å². The second-order valence-corrected chi connectivity index (χ2v) is 8.39. The molecule has 134 valence electrons. The van der Waals surface area contributed by atoms with E-state index in [0.717, 1.165) is 49.8 Å². The third-order valence-corrected chi connectivity index (χ3v) is 5.84. The Labute approximate surface area is 175 Å². The summed E-state index contributed by atoms with van der Waals surface area (Å²) in [5, 5.41) is 9.69. The van der Waals surface area contributed by atoms with Crippen molar-refractivity contribution in [1.82, 2.24) is 0 Å². The van der Waals surface area contributed by atoms with Crippen LogP contribution in [0.15, 0.2) is 85.8 Å². The zero-order valence-electron chi connectivity index (χ0n) is 14.4. The summed E-state index contributed by atoms with van der Waals surface area (Å²) in [4.78, 5) is 0. The monoisotopic (exact) mass is 482 g/mol. The van der Waals surface area contributed by atoms with Crippen molar-refractivity contribution in [1.29, 1.82) is 5.26 Å². The van der Waals surface area contributed by atoms with Gasteiger partial charge in [-0.3, -0.25) is 0 Å². The van der Waals surface area contributed by atoms with Gasteiger partial charge in [0, 0.05) is 14.9 Å². The van der Waals surface area contributed by atoms with Crippen LogP contribution in [-0.4, -0.2) is 0 Å². The molecule has 0 radical (unpaired) electrons. The second-order valence-electron chi connectivity index (χ2n) is 6.56. The van der Waals surface area contributed by atoms with Crippen LogP contribution in [0.2, 0.25) is 0 Å². The van der Waals surface area contributed by atoms with Crippen molar-refractivity contribution in [3.8, 4) is 6.07 Å². The first-order chi connectivity index (χ1) is 13.1. The summed E-state index contributed by atoms with van der Waals surface area (Å²) in [5.41, 5.74) is 11.0. The first-order valence-corrected chi connectivity index (χ1v) is 10.2. The maximum Gasteiger partial charge on any atom is 0.205 e. The summed E-state index contributed by atoms with van der Waals surface area (Å²) >= 11 is 7.04. The lowest BCUT2D eigenvalue weighted by atomic mass is 9.83. The van der Waals surface area contributed by atoms with Crippen LogP contribution >= 0.6 is 31.9 Å². The summed E-state index contributed by atoms with van der Waals surface area (Å²) in [6, 6.07) is 18.4. The maximum atomic E-state index is 9.69. The predicted molar refractivity (Wildman–Crippen MR) is 113 cm³/mol. The molecule has 0 spiro atoms. The second kappa shape index (κ2) is 7.38. The Balaban J connectivity index is 1.81. The highest BCUT2D eigenvalue weighted by molar-refractivity contribution is 9.10. The molecule has 1 aliphatic carbocycles. The Morgan fingerprint density at radius 3 is 2.52 bits per heavy atom. The minimum absolute atomic E-state index is 0.162. The number of nitrogens with zero attached hydrogens (tertiary/aromatic N) is 1. The molecule has 1 heterocycles. The van der Waals surface area contributed by atoms with Crippen LogP contribution in [0.5, 0.6) is 0 Å². The molecule has 0 saturated heterocycles. The van der Waals surface area contributed by atoms with Gasteiger partial charge < -0.3 is 10.5 Å². The van der Waals surface area contributed by atoms with E-state index in [0.29, 0.717) is 5.57 Å². The van der Waals surface area contributed by atoms with Crippen LogP contribution < -0.4 is 5.73 Å². The predicted octanol–water partition coefficient (Wildman–Crippen LogP) is 6.15. The highest BCUT2D eigenvalue weighted by atomic mass is 79.9. The van der Waals surface area contributed by atoms with E-state index in [2.05, 4.69) is 56.1 Å². The quantitative estimate of drug-likeness (QED) is 0.557. The van der Waals surface area contributed by atoms with Crippen molar-refractivity contribution in [2.45, 2.75) is 18.8 Å². The van der Waals surface area contributed by atoms with Gasteiger partial charge in [-0.1, -0.05) is 56.1 Å². The van der Waals surface area contributed by atoms with E-state index in [1.807, 2.05) is 36.4 Å². The molecular formula is C22H16Br2N2O. The Bertz CT molecular complexity index is 1060. The van der Waals surface area contributed by atoms with E-state index in [-0.39, 0.29) is 11.8 Å². The summed E-state index contributed by atoms with van der Waals surface area (Å²) in [6.45, 7) is 0. The largest absolute Gasteiger partial charge is 0.440 e. The van der Waals surface area contributed by atoms with Crippen LogP contribution in [0, 0.1) is 11.3 Å². The number of rotatable bonds is 2. The molecule has 2 aliphatic rings. The maximum absolute atomic E-state index is 9.69. The zero-order chi connectivity index (χ0) is 19.0. The standard InChI is InChI=1S/C22H16Br2N2O/c23-16-5-1-3-13(10-16)9-15-7-8-18-20(14-4-2-6-17(24)11-14)19(12-25)22(26)27-21(15)18/h1-6,9-11,20H,7-8,26H2. The summed E-state index contributed by atoms with van der Waals surface area (Å²) < 4.78 is 7.95. The molecular weight excluding hydrogens is 468 g/mol. The summed E-state index contributed by atoms with van der Waals surface area (Å²) in [6.07, 6.45) is 3.86. The molecule has 3 nitrogen and oxygen atoms in total. The van der Waals surface area contributed by atoms with Crippen LogP contribution in [0.4, 0.5) is 0 Å². The molecule has 2 aromatic carbocycles. The van der Waals surface area contributed by atoms with Crippen molar-refractivity contribution in [3.63, 3.8) is 0 Å². The lowest BCUT2D eigenvalue weighted by molar-refractivity contribution is 0.292. The Hall–Kier alpha value is -2.29. The van der Waals surface area contributed by atoms with Gasteiger partial charge in [0.1, 0.15) is 17.4 Å². The summed E-state index contributed by atoms with van der Waals surface area (Å²) in [5.74, 6) is 0.851. The van der Waals surface area contributed by atoms with Gasteiger partial charge in [0.05, 0.1) is 0 Å². The van der Waals surface area contributed by atoms with E-state index >= 15 is 0 Å². The van der Waals surface area contributed by atoms with E-state index in [4.69, 9.17) is 10.5 Å². The Morgan fingerprint density at radius 1 is 1.07 bits per heavy atom. The molecule has 2 N–H and O–H groups in total. The molecule has 0 aromatic heterocycles. The van der Waals surface area contributed by atoms with Crippen molar-refractivity contribution >= 4 is 37.9 Å². The average Bonchev–Trinajstić information content (AvgIpc) is 3.02. The molecule has 1 aliphatic heterocycles. The number of allylic oxidation sites excluding steroid dienone is 3. The van der Waals surface area contributed by atoms with Crippen LogP contribution in [0.25, 0.3) is 6.08 Å². The van der Waals surface area contributed by atoms with Crippen LogP contribution in [0.3, 0.4) is 0 Å². The van der Waals surface area contributed by atoms with Crippen LogP contribution in [-0.2, 0) is 4.74 Å². The van der Waals surface area contributed by atoms with Crippen molar-refractivity contribution in [2.24, 2.45) is 5.73 Å². The number of nitrogens with two attached hydrogens (primary N) is 1. The molecule has 1 atom stereocenters. The van der Waals surface area contributed by atoms with Gasteiger partial charge in [-0.15, -0.1) is 0 Å². The topological polar surface area (TPSA) is 59.0 Å². The number of nitriles is 1. The first-order valence-electron chi connectivity index (χ1n) is 8.59. The highest BCUT2D eigenvalue weighted by Crippen LogP contribution is 2.48. The van der Waals surface area contributed by atoms with Gasteiger partial charge in [-0.2, -0.15) is 5.26 Å². The van der Waals surface area contributed by atoms with Crippen molar-refractivity contribution in [2.75, 3.05) is 0 Å². The zero-order valence-corrected chi connectivity index (χ0v) is 17.5. The number of hydrogen-bond donors (Lipinski definition) is 1. The van der Waals surface area contributed by atoms with Gasteiger partial charge in [0.2, 0.25) is 5.88 Å². The molecule has 2 aromatic rings. The molecule has 0 bridgehead atoms. The molecule has 4 rings (SSSR count).